The highest BCUT2D eigenvalue weighted by molar-refractivity contribution is 9.10. The van der Waals surface area contributed by atoms with Crippen LogP contribution in [-0.4, -0.2) is 14.7 Å². The van der Waals surface area contributed by atoms with Gasteiger partial charge in [0.05, 0.1) is 21.1 Å². The Balaban J connectivity index is 1.93. The Labute approximate surface area is 128 Å². The molecule has 0 saturated heterocycles. The molecule has 21 heavy (non-hydrogen) atoms. The molecular weight excluding hydrogens is 338 g/mol. The molecule has 106 valence electrons. The minimum absolute atomic E-state index is 0.0316. The van der Waals surface area contributed by atoms with Crippen molar-refractivity contribution in [1.29, 1.82) is 0 Å². The highest BCUT2D eigenvalue weighted by Gasteiger charge is 2.10. The van der Waals surface area contributed by atoms with Crippen molar-refractivity contribution in [2.45, 2.75) is 0 Å². The van der Waals surface area contributed by atoms with E-state index in [0.29, 0.717) is 11.5 Å². The zero-order chi connectivity index (χ0) is 15.0. The number of nitro groups is 1. The summed E-state index contributed by atoms with van der Waals surface area (Å²) in [4.78, 5) is 10.2. The Morgan fingerprint density at radius 2 is 2.00 bits per heavy atom. The van der Waals surface area contributed by atoms with Crippen LogP contribution < -0.4 is 4.74 Å². The number of ether oxygens (including phenoxy) is 1. The third kappa shape index (κ3) is 2.59. The smallest absolute Gasteiger partial charge is 0.269 e. The van der Waals surface area contributed by atoms with Crippen molar-refractivity contribution >= 4 is 32.5 Å². The highest BCUT2D eigenvalue weighted by Crippen LogP contribution is 2.34. The van der Waals surface area contributed by atoms with Gasteiger partial charge >= 0.3 is 0 Å². The SMILES string of the molecule is Cn1ncc2cc(Oc3ccc([N+](=O)[O-])cc3)c(Br)cc21. The standard InChI is InChI=1S/C14H10BrN3O3/c1-17-13-7-12(15)14(6-9(13)8-16-17)21-11-4-2-10(3-5-11)18(19)20/h2-8H,1H3. The molecule has 0 amide bonds. The number of halogens is 1. The summed E-state index contributed by atoms with van der Waals surface area (Å²) >= 11 is 3.46. The molecule has 1 heterocycles. The fraction of sp³-hybridized carbons (Fsp3) is 0.0714. The number of rotatable bonds is 3. The van der Waals surface area contributed by atoms with E-state index < -0.39 is 4.92 Å². The number of aromatic nitrogens is 2. The molecule has 6 nitrogen and oxygen atoms in total. The van der Waals surface area contributed by atoms with E-state index in [9.17, 15) is 10.1 Å². The van der Waals surface area contributed by atoms with Crippen LogP contribution >= 0.6 is 15.9 Å². The molecule has 0 saturated carbocycles. The third-order valence-corrected chi connectivity index (χ3v) is 3.69. The van der Waals surface area contributed by atoms with Crippen LogP contribution in [0.1, 0.15) is 0 Å². The van der Waals surface area contributed by atoms with Crippen LogP contribution in [0.3, 0.4) is 0 Å². The Bertz CT molecular complexity index is 827. The molecule has 0 fully saturated rings. The summed E-state index contributed by atoms with van der Waals surface area (Å²) in [7, 11) is 1.87. The lowest BCUT2D eigenvalue weighted by molar-refractivity contribution is -0.384. The molecule has 2 aromatic carbocycles. The van der Waals surface area contributed by atoms with Crippen molar-refractivity contribution in [3.05, 3.63) is 57.2 Å². The Morgan fingerprint density at radius 3 is 2.67 bits per heavy atom. The van der Waals surface area contributed by atoms with Gasteiger partial charge in [-0.25, -0.2) is 0 Å². The van der Waals surface area contributed by atoms with E-state index >= 15 is 0 Å². The molecule has 0 unspecified atom stereocenters. The van der Waals surface area contributed by atoms with Gasteiger partial charge in [0.2, 0.25) is 0 Å². The van der Waals surface area contributed by atoms with Gasteiger partial charge in [-0.15, -0.1) is 0 Å². The topological polar surface area (TPSA) is 70.2 Å². The van der Waals surface area contributed by atoms with Crippen molar-refractivity contribution in [2.24, 2.45) is 7.05 Å². The van der Waals surface area contributed by atoms with Gasteiger partial charge in [-0.1, -0.05) is 0 Å². The van der Waals surface area contributed by atoms with Gasteiger partial charge in [0, 0.05) is 24.6 Å². The molecule has 1 aromatic heterocycles. The zero-order valence-electron chi connectivity index (χ0n) is 11.0. The predicted molar refractivity (Wildman–Crippen MR) is 81.6 cm³/mol. The van der Waals surface area contributed by atoms with Gasteiger partial charge in [0.1, 0.15) is 11.5 Å². The molecule has 3 rings (SSSR count). The Hall–Kier alpha value is -2.41. The van der Waals surface area contributed by atoms with Crippen LogP contribution in [-0.2, 0) is 7.05 Å². The molecule has 0 N–H and O–H groups in total. The van der Waals surface area contributed by atoms with E-state index in [2.05, 4.69) is 21.0 Å². The van der Waals surface area contributed by atoms with E-state index in [0.717, 1.165) is 15.4 Å². The van der Waals surface area contributed by atoms with Gasteiger partial charge in [-0.3, -0.25) is 14.8 Å². The van der Waals surface area contributed by atoms with Gasteiger partial charge in [-0.05, 0) is 40.2 Å². The van der Waals surface area contributed by atoms with Crippen molar-refractivity contribution in [3.63, 3.8) is 0 Å². The van der Waals surface area contributed by atoms with Gasteiger partial charge < -0.3 is 4.74 Å². The van der Waals surface area contributed by atoms with E-state index in [-0.39, 0.29) is 5.69 Å². The van der Waals surface area contributed by atoms with E-state index in [1.54, 1.807) is 23.0 Å². The summed E-state index contributed by atoms with van der Waals surface area (Å²) in [6, 6.07) is 9.74. The van der Waals surface area contributed by atoms with Gasteiger partial charge in [-0.2, -0.15) is 5.10 Å². The first-order valence-electron chi connectivity index (χ1n) is 6.08. The Kier molecular flexibility index (Phi) is 3.34. The number of benzene rings is 2. The molecule has 0 aliphatic heterocycles. The molecule has 0 aliphatic rings. The quantitative estimate of drug-likeness (QED) is 0.529. The summed E-state index contributed by atoms with van der Waals surface area (Å²) in [5.41, 5.74) is 1.02. The van der Waals surface area contributed by atoms with Gasteiger partial charge in [0.25, 0.3) is 5.69 Å². The molecule has 3 aromatic rings. The maximum absolute atomic E-state index is 10.6. The van der Waals surface area contributed by atoms with E-state index in [4.69, 9.17) is 4.74 Å². The first-order chi connectivity index (χ1) is 10.0. The third-order valence-electron chi connectivity index (χ3n) is 3.08. The summed E-state index contributed by atoms with van der Waals surface area (Å²) in [5, 5.41) is 15.8. The molecular formula is C14H10BrN3O3. The van der Waals surface area contributed by atoms with Gasteiger partial charge in [0.15, 0.2) is 0 Å². The minimum atomic E-state index is -0.443. The number of hydrogen-bond donors (Lipinski definition) is 0. The summed E-state index contributed by atoms with van der Waals surface area (Å²) in [5.74, 6) is 1.16. The van der Waals surface area contributed by atoms with Crippen LogP contribution in [0, 0.1) is 10.1 Å². The first-order valence-corrected chi connectivity index (χ1v) is 6.87. The van der Waals surface area contributed by atoms with Crippen LogP contribution in [0.2, 0.25) is 0 Å². The van der Waals surface area contributed by atoms with Crippen LogP contribution in [0.4, 0.5) is 5.69 Å². The fourth-order valence-corrected chi connectivity index (χ4v) is 2.41. The largest absolute Gasteiger partial charge is 0.456 e. The number of fused-ring (bicyclic) bond motifs is 1. The van der Waals surface area contributed by atoms with E-state index in [1.807, 2.05) is 19.2 Å². The maximum Gasteiger partial charge on any atom is 0.269 e. The molecule has 0 atom stereocenters. The van der Waals surface area contributed by atoms with Crippen molar-refractivity contribution in [1.82, 2.24) is 9.78 Å². The lowest BCUT2D eigenvalue weighted by Gasteiger charge is -2.08. The molecule has 7 heteroatoms. The van der Waals surface area contributed by atoms with Crippen molar-refractivity contribution in [3.8, 4) is 11.5 Å². The molecule has 0 radical (unpaired) electrons. The first kappa shape index (κ1) is 13.6. The normalized spacial score (nSPS) is 10.8. The minimum Gasteiger partial charge on any atom is -0.456 e. The summed E-state index contributed by atoms with van der Waals surface area (Å²) in [6.07, 6.45) is 1.75. The number of aryl methyl sites for hydroxylation is 1. The second kappa shape index (κ2) is 5.17. The second-order valence-electron chi connectivity index (χ2n) is 4.46. The average molecular weight is 348 g/mol. The Morgan fingerprint density at radius 1 is 1.29 bits per heavy atom. The fourth-order valence-electron chi connectivity index (χ4n) is 1.99. The van der Waals surface area contributed by atoms with Crippen molar-refractivity contribution < 1.29 is 9.66 Å². The average Bonchev–Trinajstić information content (AvgIpc) is 2.81. The molecule has 0 bridgehead atoms. The molecule has 0 aliphatic carbocycles. The van der Waals surface area contributed by atoms with E-state index in [1.165, 1.54) is 12.1 Å². The summed E-state index contributed by atoms with van der Waals surface area (Å²) < 4.78 is 8.32. The summed E-state index contributed by atoms with van der Waals surface area (Å²) in [6.45, 7) is 0. The lowest BCUT2D eigenvalue weighted by atomic mass is 10.2. The second-order valence-corrected chi connectivity index (χ2v) is 5.32. The molecule has 0 spiro atoms. The zero-order valence-corrected chi connectivity index (χ0v) is 12.6. The predicted octanol–water partition coefficient (Wildman–Crippen LogP) is 4.04. The number of non-ortho nitro benzene ring substituents is 1. The number of hydrogen-bond acceptors (Lipinski definition) is 4. The highest BCUT2D eigenvalue weighted by atomic mass is 79.9. The lowest BCUT2D eigenvalue weighted by Crippen LogP contribution is -1.91. The van der Waals surface area contributed by atoms with Crippen LogP contribution in [0.15, 0.2) is 47.1 Å². The monoisotopic (exact) mass is 347 g/mol. The number of nitrogens with zero attached hydrogens (tertiary/aromatic N) is 3. The van der Waals surface area contributed by atoms with Crippen molar-refractivity contribution in [2.75, 3.05) is 0 Å². The maximum atomic E-state index is 10.6. The van der Waals surface area contributed by atoms with Crippen LogP contribution in [0.25, 0.3) is 10.9 Å². The van der Waals surface area contributed by atoms with Crippen LogP contribution in [0.5, 0.6) is 11.5 Å². The number of nitro benzene ring substituents is 1.